The molecular weight excluding hydrogens is 308 g/mol. The minimum atomic E-state index is -0.199. The van der Waals surface area contributed by atoms with E-state index in [-0.39, 0.29) is 11.9 Å². The van der Waals surface area contributed by atoms with E-state index in [0.29, 0.717) is 11.3 Å². The molecule has 0 N–H and O–H groups in total. The molecule has 1 atom stereocenters. The predicted octanol–water partition coefficient (Wildman–Crippen LogP) is 4.33. The Balaban J connectivity index is 1.72. The molecule has 0 saturated carbocycles. The minimum absolute atomic E-state index is 0.0904. The van der Waals surface area contributed by atoms with E-state index in [0.717, 1.165) is 17.0 Å². The van der Waals surface area contributed by atoms with Crippen molar-refractivity contribution in [1.29, 1.82) is 0 Å². The topological polar surface area (TPSA) is 45.8 Å². The summed E-state index contributed by atoms with van der Waals surface area (Å²) in [5, 5.41) is 8.04. The van der Waals surface area contributed by atoms with Gasteiger partial charge in [-0.25, -0.2) is 5.01 Å². The van der Waals surface area contributed by atoms with Gasteiger partial charge in [-0.05, 0) is 29.1 Å². The minimum Gasteiger partial charge on any atom is -0.467 e. The Morgan fingerprint density at radius 1 is 1.13 bits per heavy atom. The molecule has 114 valence electrons. The van der Waals surface area contributed by atoms with E-state index in [9.17, 15) is 4.79 Å². The van der Waals surface area contributed by atoms with E-state index >= 15 is 0 Å². The van der Waals surface area contributed by atoms with Gasteiger partial charge in [-0.1, -0.05) is 36.4 Å². The number of nitrogens with zero attached hydrogens (tertiary/aromatic N) is 2. The van der Waals surface area contributed by atoms with Gasteiger partial charge >= 0.3 is 0 Å². The quantitative estimate of drug-likeness (QED) is 0.720. The molecule has 1 aromatic carbocycles. The highest BCUT2D eigenvalue weighted by Gasteiger charge is 2.35. The van der Waals surface area contributed by atoms with E-state index in [1.165, 1.54) is 11.3 Å². The summed E-state index contributed by atoms with van der Waals surface area (Å²) in [6, 6.07) is 17.2. The number of benzene rings is 1. The second-order valence-corrected chi connectivity index (χ2v) is 6.22. The van der Waals surface area contributed by atoms with E-state index in [1.54, 1.807) is 11.3 Å². The van der Waals surface area contributed by atoms with E-state index < -0.39 is 0 Å². The van der Waals surface area contributed by atoms with Gasteiger partial charge in [0.2, 0.25) is 0 Å². The van der Waals surface area contributed by atoms with Crippen molar-refractivity contribution >= 4 is 23.0 Å². The van der Waals surface area contributed by atoms with E-state index in [1.807, 2.05) is 60.0 Å². The molecule has 4 nitrogen and oxygen atoms in total. The van der Waals surface area contributed by atoms with Crippen molar-refractivity contribution in [3.63, 3.8) is 0 Å². The van der Waals surface area contributed by atoms with Gasteiger partial charge in [0.05, 0.1) is 16.9 Å². The fourth-order valence-corrected chi connectivity index (χ4v) is 3.37. The van der Waals surface area contributed by atoms with E-state index in [4.69, 9.17) is 4.42 Å². The number of carbonyl (C=O) groups is 1. The first-order chi connectivity index (χ1) is 11.3. The SMILES string of the molecule is O=C(c1cccs1)N1N=C(c2ccccc2)C[C@@H]1c1ccco1. The van der Waals surface area contributed by atoms with Crippen LogP contribution in [0.5, 0.6) is 0 Å². The fourth-order valence-electron chi connectivity index (χ4n) is 2.72. The van der Waals surface area contributed by atoms with Gasteiger partial charge in [-0.2, -0.15) is 5.10 Å². The van der Waals surface area contributed by atoms with Crippen LogP contribution in [0.4, 0.5) is 0 Å². The molecule has 3 aromatic rings. The zero-order valence-electron chi connectivity index (χ0n) is 12.3. The zero-order chi connectivity index (χ0) is 15.6. The Bertz CT molecular complexity index is 823. The smallest absolute Gasteiger partial charge is 0.284 e. The maximum Gasteiger partial charge on any atom is 0.284 e. The van der Waals surface area contributed by atoms with Gasteiger partial charge in [-0.3, -0.25) is 4.79 Å². The van der Waals surface area contributed by atoms with Crippen LogP contribution in [0.2, 0.25) is 0 Å². The molecule has 1 aliphatic rings. The highest BCUT2D eigenvalue weighted by atomic mass is 32.1. The number of rotatable bonds is 3. The summed E-state index contributed by atoms with van der Waals surface area (Å²) in [5.41, 5.74) is 1.93. The lowest BCUT2D eigenvalue weighted by molar-refractivity contribution is 0.0698. The summed E-state index contributed by atoms with van der Waals surface area (Å²) in [7, 11) is 0. The molecule has 0 unspecified atom stereocenters. The van der Waals surface area contributed by atoms with Crippen molar-refractivity contribution in [3.05, 3.63) is 82.4 Å². The third kappa shape index (κ3) is 2.59. The summed E-state index contributed by atoms with van der Waals surface area (Å²) >= 11 is 1.42. The van der Waals surface area contributed by atoms with Crippen LogP contribution in [-0.4, -0.2) is 16.6 Å². The molecule has 0 radical (unpaired) electrons. The lowest BCUT2D eigenvalue weighted by Gasteiger charge is -2.18. The zero-order valence-corrected chi connectivity index (χ0v) is 13.1. The third-order valence-electron chi connectivity index (χ3n) is 3.83. The average molecular weight is 322 g/mol. The fraction of sp³-hybridized carbons (Fsp3) is 0.111. The lowest BCUT2D eigenvalue weighted by atomic mass is 10.0. The van der Waals surface area contributed by atoms with Gasteiger partial charge in [0, 0.05) is 6.42 Å². The Labute approximate surface area is 137 Å². The lowest BCUT2D eigenvalue weighted by Crippen LogP contribution is -2.26. The van der Waals surface area contributed by atoms with Crippen molar-refractivity contribution in [2.24, 2.45) is 5.10 Å². The van der Waals surface area contributed by atoms with Crippen LogP contribution in [0.25, 0.3) is 0 Å². The number of furan rings is 1. The molecule has 0 spiro atoms. The highest BCUT2D eigenvalue weighted by Crippen LogP contribution is 2.34. The molecule has 4 rings (SSSR count). The number of hydrazone groups is 1. The number of amides is 1. The molecular formula is C18H14N2O2S. The van der Waals surface area contributed by atoms with Crippen LogP contribution < -0.4 is 0 Å². The first-order valence-corrected chi connectivity index (χ1v) is 8.24. The summed E-state index contributed by atoms with van der Waals surface area (Å²) < 4.78 is 5.54. The third-order valence-corrected chi connectivity index (χ3v) is 4.69. The second kappa shape index (κ2) is 5.85. The van der Waals surface area contributed by atoms with Crippen molar-refractivity contribution < 1.29 is 9.21 Å². The predicted molar refractivity (Wildman–Crippen MR) is 89.5 cm³/mol. The molecule has 2 aromatic heterocycles. The standard InChI is InChI=1S/C18H14N2O2S/c21-18(17-9-5-11-23-17)20-15(16-8-4-10-22-16)12-14(19-20)13-6-2-1-3-7-13/h1-11,15H,12H2/t15-/m1/s1. The van der Waals surface area contributed by atoms with Gasteiger partial charge in [0.25, 0.3) is 5.91 Å². The number of hydrogen-bond acceptors (Lipinski definition) is 4. The Kier molecular flexibility index (Phi) is 3.55. The second-order valence-electron chi connectivity index (χ2n) is 5.28. The first-order valence-electron chi connectivity index (χ1n) is 7.36. The monoisotopic (exact) mass is 322 g/mol. The van der Waals surface area contributed by atoms with Crippen LogP contribution in [-0.2, 0) is 0 Å². The van der Waals surface area contributed by atoms with Crippen LogP contribution in [0.3, 0.4) is 0 Å². The highest BCUT2D eigenvalue weighted by molar-refractivity contribution is 7.12. The maximum atomic E-state index is 12.8. The Morgan fingerprint density at radius 3 is 2.70 bits per heavy atom. The maximum absolute atomic E-state index is 12.8. The van der Waals surface area contributed by atoms with Gasteiger partial charge in [-0.15, -0.1) is 11.3 Å². The molecule has 0 saturated heterocycles. The van der Waals surface area contributed by atoms with Crippen LogP contribution >= 0.6 is 11.3 Å². The van der Waals surface area contributed by atoms with Gasteiger partial charge in [0.1, 0.15) is 11.8 Å². The molecule has 0 bridgehead atoms. The normalized spacial score (nSPS) is 17.3. The van der Waals surface area contributed by atoms with Crippen LogP contribution in [0.15, 0.2) is 75.8 Å². The van der Waals surface area contributed by atoms with Crippen LogP contribution in [0.1, 0.15) is 33.5 Å². The van der Waals surface area contributed by atoms with E-state index in [2.05, 4.69) is 5.10 Å². The largest absolute Gasteiger partial charge is 0.467 e. The Hall–Kier alpha value is -2.66. The van der Waals surface area contributed by atoms with Crippen molar-refractivity contribution in [2.75, 3.05) is 0 Å². The summed E-state index contributed by atoms with van der Waals surface area (Å²) in [4.78, 5) is 13.5. The van der Waals surface area contributed by atoms with Crippen LogP contribution in [0, 0.1) is 0 Å². The molecule has 5 heteroatoms. The first kappa shape index (κ1) is 14.0. The summed E-state index contributed by atoms with van der Waals surface area (Å²) in [6.45, 7) is 0. The number of hydrogen-bond donors (Lipinski definition) is 0. The number of thiophene rings is 1. The molecule has 23 heavy (non-hydrogen) atoms. The average Bonchev–Trinajstić information content (AvgIpc) is 3.35. The van der Waals surface area contributed by atoms with Crippen molar-refractivity contribution in [2.45, 2.75) is 12.5 Å². The van der Waals surface area contributed by atoms with Crippen molar-refractivity contribution in [3.8, 4) is 0 Å². The number of carbonyl (C=O) groups excluding carboxylic acids is 1. The summed E-state index contributed by atoms with van der Waals surface area (Å²) in [6.07, 6.45) is 2.28. The summed E-state index contributed by atoms with van der Waals surface area (Å²) in [5.74, 6) is 0.664. The molecule has 0 fully saturated rings. The van der Waals surface area contributed by atoms with Gasteiger partial charge in [0.15, 0.2) is 0 Å². The molecule has 1 aliphatic heterocycles. The molecule has 0 aliphatic carbocycles. The molecule has 3 heterocycles. The Morgan fingerprint density at radius 2 is 2.00 bits per heavy atom. The van der Waals surface area contributed by atoms with Crippen molar-refractivity contribution in [1.82, 2.24) is 5.01 Å². The van der Waals surface area contributed by atoms with Gasteiger partial charge < -0.3 is 4.42 Å². The molecule has 1 amide bonds.